The number of nitrogens with one attached hydrogen (secondary N) is 1. The van der Waals surface area contributed by atoms with Crippen molar-refractivity contribution in [1.29, 1.82) is 0 Å². The van der Waals surface area contributed by atoms with E-state index < -0.39 is 0 Å². The van der Waals surface area contributed by atoms with Crippen molar-refractivity contribution in [2.24, 2.45) is 0 Å². The smallest absolute Gasteiger partial charge is 0.252 e. The number of carbonyl (C=O) groups excluding carboxylic acids is 1. The van der Waals surface area contributed by atoms with Crippen molar-refractivity contribution in [3.8, 4) is 5.75 Å². The van der Waals surface area contributed by atoms with Crippen molar-refractivity contribution in [1.82, 2.24) is 10.2 Å². The van der Waals surface area contributed by atoms with E-state index in [1.54, 1.807) is 13.2 Å². The first kappa shape index (κ1) is 16.3. The molecule has 0 bridgehead atoms. The molecule has 1 amide bonds. The highest BCUT2D eigenvalue weighted by Crippen LogP contribution is 2.22. The summed E-state index contributed by atoms with van der Waals surface area (Å²) in [5, 5.41) is 2.93. The molecule has 6 heteroatoms. The Kier molecular flexibility index (Phi) is 6.02. The first-order valence-electron chi connectivity index (χ1n) is 7.09. The zero-order valence-corrected chi connectivity index (χ0v) is 14.0. The number of hydrogen-bond donors (Lipinski definition) is 1. The summed E-state index contributed by atoms with van der Waals surface area (Å²) < 4.78 is 11.6. The maximum absolute atomic E-state index is 12.3. The lowest BCUT2D eigenvalue weighted by atomic mass is 10.2. The van der Waals surface area contributed by atoms with Gasteiger partial charge in [0.15, 0.2) is 0 Å². The minimum atomic E-state index is -0.127. The molecule has 2 rings (SSSR count). The highest BCUT2D eigenvalue weighted by Gasteiger charge is 2.20. The van der Waals surface area contributed by atoms with Crippen molar-refractivity contribution in [3.05, 3.63) is 28.2 Å². The number of ether oxygens (including phenoxy) is 2. The summed E-state index contributed by atoms with van der Waals surface area (Å²) in [7, 11) is 1.58. The second-order valence-corrected chi connectivity index (χ2v) is 5.80. The van der Waals surface area contributed by atoms with Crippen LogP contribution in [0.15, 0.2) is 22.7 Å². The number of methoxy groups -OCH3 is 1. The maximum atomic E-state index is 12.3. The van der Waals surface area contributed by atoms with Crippen LogP contribution < -0.4 is 10.1 Å². The number of likely N-dealkylation sites (N-methyl/N-ethyl adjacent to an activating group) is 1. The number of rotatable bonds is 5. The fourth-order valence-electron chi connectivity index (χ4n) is 2.30. The summed E-state index contributed by atoms with van der Waals surface area (Å²) in [6.07, 6.45) is 0.0482. The van der Waals surface area contributed by atoms with E-state index in [1.165, 1.54) is 0 Å². The van der Waals surface area contributed by atoms with E-state index >= 15 is 0 Å². The third-order valence-corrected chi connectivity index (χ3v) is 4.27. The summed E-state index contributed by atoms with van der Waals surface area (Å²) in [4.78, 5) is 14.6. The summed E-state index contributed by atoms with van der Waals surface area (Å²) in [6.45, 7) is 6.19. The van der Waals surface area contributed by atoms with Crippen LogP contribution in [0.4, 0.5) is 0 Å². The number of hydrogen-bond acceptors (Lipinski definition) is 4. The molecule has 1 unspecified atom stereocenters. The molecule has 1 aromatic rings. The summed E-state index contributed by atoms with van der Waals surface area (Å²) in [5.74, 6) is 0.535. The van der Waals surface area contributed by atoms with Gasteiger partial charge in [-0.15, -0.1) is 0 Å². The van der Waals surface area contributed by atoms with E-state index in [-0.39, 0.29) is 12.0 Å². The number of halogens is 1. The Labute approximate surface area is 133 Å². The number of nitrogens with zero attached hydrogens (tertiary/aromatic N) is 1. The van der Waals surface area contributed by atoms with Gasteiger partial charge in [0.1, 0.15) is 5.75 Å². The quantitative estimate of drug-likeness (QED) is 0.875. The molecule has 1 fully saturated rings. The van der Waals surface area contributed by atoms with E-state index in [0.717, 1.165) is 30.7 Å². The van der Waals surface area contributed by atoms with Gasteiger partial charge in [0.05, 0.1) is 25.4 Å². The Morgan fingerprint density at radius 3 is 3.10 bits per heavy atom. The van der Waals surface area contributed by atoms with Gasteiger partial charge in [-0.1, -0.05) is 6.92 Å². The summed E-state index contributed by atoms with van der Waals surface area (Å²) in [5.41, 5.74) is 0.567. The molecule has 1 N–H and O–H groups in total. The fourth-order valence-corrected chi connectivity index (χ4v) is 2.72. The Morgan fingerprint density at radius 2 is 2.38 bits per heavy atom. The van der Waals surface area contributed by atoms with Gasteiger partial charge < -0.3 is 14.8 Å². The van der Waals surface area contributed by atoms with Crippen LogP contribution in [0.25, 0.3) is 0 Å². The zero-order valence-electron chi connectivity index (χ0n) is 12.4. The molecule has 0 aromatic heterocycles. The molecule has 1 heterocycles. The molecule has 0 aliphatic carbocycles. The first-order valence-corrected chi connectivity index (χ1v) is 7.89. The third-order valence-electron chi connectivity index (χ3n) is 3.58. The molecule has 0 saturated carbocycles. The Hall–Kier alpha value is -1.11. The molecule has 1 atom stereocenters. The van der Waals surface area contributed by atoms with Crippen LogP contribution >= 0.6 is 15.9 Å². The average Bonchev–Trinajstić information content (AvgIpc) is 2.53. The van der Waals surface area contributed by atoms with Gasteiger partial charge in [0, 0.05) is 24.1 Å². The lowest BCUT2D eigenvalue weighted by Gasteiger charge is -2.32. The molecule has 116 valence electrons. The summed E-state index contributed by atoms with van der Waals surface area (Å²) >= 11 is 3.39. The molecule has 21 heavy (non-hydrogen) atoms. The normalized spacial score (nSPS) is 19.3. The van der Waals surface area contributed by atoms with Crippen molar-refractivity contribution < 1.29 is 14.3 Å². The Bertz CT molecular complexity index is 496. The van der Waals surface area contributed by atoms with Crippen LogP contribution in [0.2, 0.25) is 0 Å². The third kappa shape index (κ3) is 4.43. The van der Waals surface area contributed by atoms with Crippen molar-refractivity contribution >= 4 is 21.8 Å². The minimum absolute atomic E-state index is 0.0482. The van der Waals surface area contributed by atoms with Gasteiger partial charge in [-0.2, -0.15) is 0 Å². The van der Waals surface area contributed by atoms with E-state index in [4.69, 9.17) is 9.47 Å². The molecule has 1 aliphatic heterocycles. The van der Waals surface area contributed by atoms with Crippen molar-refractivity contribution in [2.75, 3.05) is 39.9 Å². The monoisotopic (exact) mass is 356 g/mol. The molecule has 5 nitrogen and oxygen atoms in total. The topological polar surface area (TPSA) is 50.8 Å². The Morgan fingerprint density at radius 1 is 1.57 bits per heavy atom. The van der Waals surface area contributed by atoms with Gasteiger partial charge in [0.2, 0.25) is 0 Å². The van der Waals surface area contributed by atoms with Gasteiger partial charge >= 0.3 is 0 Å². The zero-order chi connectivity index (χ0) is 15.2. The van der Waals surface area contributed by atoms with E-state index in [1.807, 2.05) is 12.1 Å². The summed E-state index contributed by atoms with van der Waals surface area (Å²) in [6, 6.07) is 5.34. The van der Waals surface area contributed by atoms with E-state index in [2.05, 4.69) is 33.1 Å². The van der Waals surface area contributed by atoms with E-state index in [9.17, 15) is 4.79 Å². The van der Waals surface area contributed by atoms with Gasteiger partial charge in [-0.3, -0.25) is 9.69 Å². The van der Waals surface area contributed by atoms with Crippen LogP contribution in [0.5, 0.6) is 5.75 Å². The van der Waals surface area contributed by atoms with Crippen molar-refractivity contribution in [3.63, 3.8) is 0 Å². The van der Waals surface area contributed by atoms with Gasteiger partial charge in [-0.05, 0) is 40.7 Å². The van der Waals surface area contributed by atoms with Crippen LogP contribution in [-0.2, 0) is 4.74 Å². The molecular formula is C15H21BrN2O3. The highest BCUT2D eigenvalue weighted by molar-refractivity contribution is 9.10. The fraction of sp³-hybridized carbons (Fsp3) is 0.533. The predicted molar refractivity (Wildman–Crippen MR) is 84.9 cm³/mol. The minimum Gasteiger partial charge on any atom is -0.497 e. The average molecular weight is 357 g/mol. The predicted octanol–water partition coefficient (Wildman–Crippen LogP) is 1.91. The Balaban J connectivity index is 1.92. The second kappa shape index (κ2) is 7.77. The molecular weight excluding hydrogens is 336 g/mol. The number of carbonyl (C=O) groups is 1. The second-order valence-electron chi connectivity index (χ2n) is 4.94. The van der Waals surface area contributed by atoms with Crippen LogP contribution in [0.3, 0.4) is 0 Å². The molecule has 1 saturated heterocycles. The largest absolute Gasteiger partial charge is 0.497 e. The van der Waals surface area contributed by atoms with Crippen LogP contribution in [0, 0.1) is 0 Å². The van der Waals surface area contributed by atoms with Crippen molar-refractivity contribution in [2.45, 2.75) is 13.0 Å². The van der Waals surface area contributed by atoms with E-state index in [0.29, 0.717) is 17.9 Å². The van der Waals surface area contributed by atoms with Gasteiger partial charge in [0.25, 0.3) is 5.91 Å². The van der Waals surface area contributed by atoms with Crippen LogP contribution in [0.1, 0.15) is 17.3 Å². The molecule has 1 aromatic carbocycles. The standard InChI is InChI=1S/C15H21BrN2O3/c1-3-18-6-7-21-12(10-18)9-17-15(19)13-8-11(20-2)4-5-14(13)16/h4-5,8,12H,3,6-7,9-10H2,1-2H3,(H,17,19). The van der Waals surface area contributed by atoms with Gasteiger partial charge in [-0.25, -0.2) is 0 Å². The lowest BCUT2D eigenvalue weighted by Crippen LogP contribution is -2.47. The lowest BCUT2D eigenvalue weighted by molar-refractivity contribution is -0.0246. The highest BCUT2D eigenvalue weighted by atomic mass is 79.9. The number of amides is 1. The molecule has 1 aliphatic rings. The molecule has 0 radical (unpaired) electrons. The SMILES string of the molecule is CCN1CCOC(CNC(=O)c2cc(OC)ccc2Br)C1. The molecule has 0 spiro atoms. The van der Waals surface area contributed by atoms with Crippen LogP contribution in [-0.4, -0.2) is 56.8 Å². The number of morpholine rings is 1. The maximum Gasteiger partial charge on any atom is 0.252 e. The first-order chi connectivity index (χ1) is 10.1. The number of benzene rings is 1.